The Morgan fingerprint density at radius 3 is 2.22 bits per heavy atom. The van der Waals surface area contributed by atoms with Crippen molar-refractivity contribution in [3.8, 4) is 17.2 Å². The van der Waals surface area contributed by atoms with Crippen molar-refractivity contribution < 1.29 is 28.9 Å². The van der Waals surface area contributed by atoms with Crippen molar-refractivity contribution in [1.29, 1.82) is 0 Å². The van der Waals surface area contributed by atoms with Crippen LogP contribution in [0.1, 0.15) is 23.7 Å². The summed E-state index contributed by atoms with van der Waals surface area (Å²) in [6.45, 7) is 2.01. The molecule has 0 aromatic heterocycles. The van der Waals surface area contributed by atoms with Gasteiger partial charge in [0.05, 0.1) is 21.3 Å². The van der Waals surface area contributed by atoms with Crippen LogP contribution in [0.5, 0.6) is 17.2 Å². The van der Waals surface area contributed by atoms with Crippen LogP contribution in [0.25, 0.3) is 0 Å². The van der Waals surface area contributed by atoms with E-state index >= 15 is 0 Å². The minimum absolute atomic E-state index is 0.169. The number of nitrogens with two attached hydrogens (primary N) is 1. The van der Waals surface area contributed by atoms with Crippen LogP contribution in [0.2, 0.25) is 0 Å². The third kappa shape index (κ3) is 6.49. The number of hydrogen-bond acceptors (Lipinski definition) is 8. The maximum atomic E-state index is 12.3. The summed E-state index contributed by atoms with van der Waals surface area (Å²) >= 11 is 1.66. The largest absolute Gasteiger partial charge is 0.493 e. The Balaban J connectivity index is 2.72. The molecule has 0 aliphatic carbocycles. The number of carbonyl (C=O) groups excluding carboxylic acids is 2. The average molecular weight is 401 g/mol. The smallest absolute Gasteiger partial charge is 0.269 e. The van der Waals surface area contributed by atoms with E-state index in [2.05, 4.69) is 10.9 Å². The van der Waals surface area contributed by atoms with E-state index in [0.29, 0.717) is 23.7 Å². The van der Waals surface area contributed by atoms with E-state index in [4.69, 9.17) is 19.9 Å². The summed E-state index contributed by atoms with van der Waals surface area (Å²) in [7, 11) is 4.30. The normalized spacial score (nSPS) is 12.7. The zero-order valence-electron chi connectivity index (χ0n) is 15.9. The topological polar surface area (TPSA) is 132 Å². The Labute approximate surface area is 162 Å². The number of rotatable bonds is 10. The summed E-state index contributed by atoms with van der Waals surface area (Å²) < 4.78 is 15.6. The van der Waals surface area contributed by atoms with Gasteiger partial charge in [0.15, 0.2) is 11.5 Å². The minimum atomic E-state index is -1.43. The lowest BCUT2D eigenvalue weighted by Crippen LogP contribution is -2.52. The molecule has 2 atom stereocenters. The van der Waals surface area contributed by atoms with Gasteiger partial charge in [0, 0.05) is 11.6 Å². The molecule has 1 aromatic carbocycles. The van der Waals surface area contributed by atoms with Gasteiger partial charge in [0.2, 0.25) is 5.75 Å². The van der Waals surface area contributed by atoms with Crippen molar-refractivity contribution in [2.45, 2.75) is 25.5 Å². The number of amides is 2. The van der Waals surface area contributed by atoms with Gasteiger partial charge in [0.1, 0.15) is 6.10 Å². The van der Waals surface area contributed by atoms with Gasteiger partial charge in [-0.2, -0.15) is 11.8 Å². The van der Waals surface area contributed by atoms with E-state index in [0.717, 1.165) is 11.5 Å². The molecule has 152 valence electrons. The Morgan fingerprint density at radius 1 is 1.15 bits per heavy atom. The monoisotopic (exact) mass is 401 g/mol. The molecule has 27 heavy (non-hydrogen) atoms. The zero-order valence-corrected chi connectivity index (χ0v) is 16.7. The molecule has 0 spiro atoms. The third-order valence-corrected chi connectivity index (χ3v) is 4.63. The highest BCUT2D eigenvalue weighted by molar-refractivity contribution is 7.99. The predicted octanol–water partition coefficient (Wildman–Crippen LogP) is 0.305. The molecule has 1 aromatic rings. The highest BCUT2D eigenvalue weighted by atomic mass is 32.2. The predicted molar refractivity (Wildman–Crippen MR) is 103 cm³/mol. The first kappa shape index (κ1) is 22.9. The van der Waals surface area contributed by atoms with Crippen molar-refractivity contribution in [1.82, 2.24) is 10.9 Å². The number of methoxy groups -OCH3 is 3. The summed E-state index contributed by atoms with van der Waals surface area (Å²) in [6.07, 6.45) is -0.948. The first-order chi connectivity index (χ1) is 12.9. The van der Waals surface area contributed by atoms with Gasteiger partial charge in [0.25, 0.3) is 11.8 Å². The number of nitrogens with one attached hydrogen (secondary N) is 2. The lowest BCUT2D eigenvalue weighted by molar-refractivity contribution is -0.131. The Morgan fingerprint density at radius 2 is 1.74 bits per heavy atom. The molecule has 5 N–H and O–H groups in total. The van der Waals surface area contributed by atoms with Gasteiger partial charge in [-0.1, -0.05) is 6.92 Å². The number of carbonyl (C=O) groups is 2. The molecule has 0 saturated carbocycles. The summed E-state index contributed by atoms with van der Waals surface area (Å²) in [4.78, 5) is 24.3. The summed E-state index contributed by atoms with van der Waals surface area (Å²) in [5.74, 6) is 1.19. The second kappa shape index (κ2) is 11.5. The molecule has 0 saturated heterocycles. The van der Waals surface area contributed by atoms with E-state index in [-0.39, 0.29) is 5.56 Å². The molecule has 0 aliphatic heterocycles. The Bertz CT molecular complexity index is 618. The highest BCUT2D eigenvalue weighted by Crippen LogP contribution is 2.38. The van der Waals surface area contributed by atoms with E-state index in [1.807, 2.05) is 6.92 Å². The molecular formula is C17H27N3O6S. The molecule has 0 radical (unpaired) electrons. The van der Waals surface area contributed by atoms with Gasteiger partial charge in [-0.3, -0.25) is 20.4 Å². The van der Waals surface area contributed by atoms with Crippen LogP contribution in [0.3, 0.4) is 0 Å². The Hall–Kier alpha value is -2.17. The minimum Gasteiger partial charge on any atom is -0.493 e. The molecule has 0 heterocycles. The molecular weight excluding hydrogens is 374 g/mol. The van der Waals surface area contributed by atoms with Crippen molar-refractivity contribution in [3.05, 3.63) is 17.7 Å². The van der Waals surface area contributed by atoms with E-state index in [1.165, 1.54) is 33.5 Å². The number of hydrazine groups is 1. The lowest BCUT2D eigenvalue weighted by Gasteiger charge is -2.18. The number of aliphatic hydroxyl groups is 1. The standard InChI is InChI=1S/C17H27N3O6S/c1-5-27-7-6-11(18)14(21)17(23)20-19-16(22)10-8-12(24-2)15(26-4)13(9-10)25-3/h8-9,11,14,21H,5-7,18H2,1-4H3,(H,19,22)(H,20,23)/t11-,14?/m1/s1. The third-order valence-electron chi connectivity index (χ3n) is 3.70. The van der Waals surface area contributed by atoms with Crippen molar-refractivity contribution in [3.63, 3.8) is 0 Å². The maximum absolute atomic E-state index is 12.3. The van der Waals surface area contributed by atoms with Crippen LogP contribution < -0.4 is 30.8 Å². The molecule has 0 bridgehead atoms. The summed E-state index contributed by atoms with van der Waals surface area (Å²) in [5.41, 5.74) is 10.4. The van der Waals surface area contributed by atoms with Gasteiger partial charge in [-0.25, -0.2) is 0 Å². The van der Waals surface area contributed by atoms with Gasteiger partial charge in [-0.15, -0.1) is 0 Å². The van der Waals surface area contributed by atoms with Crippen LogP contribution in [0.4, 0.5) is 0 Å². The van der Waals surface area contributed by atoms with Crippen molar-refractivity contribution in [2.75, 3.05) is 32.8 Å². The maximum Gasteiger partial charge on any atom is 0.269 e. The molecule has 2 amide bonds. The quantitative estimate of drug-likeness (QED) is 0.325. The summed E-state index contributed by atoms with van der Waals surface area (Å²) in [6, 6.07) is 2.15. The lowest BCUT2D eigenvalue weighted by atomic mass is 10.1. The number of thioether (sulfide) groups is 1. The van der Waals surface area contributed by atoms with Crippen LogP contribution in [-0.2, 0) is 4.79 Å². The number of aliphatic hydroxyl groups excluding tert-OH is 1. The molecule has 0 fully saturated rings. The number of hydrogen-bond donors (Lipinski definition) is 4. The highest BCUT2D eigenvalue weighted by Gasteiger charge is 2.23. The van der Waals surface area contributed by atoms with Gasteiger partial charge < -0.3 is 25.1 Å². The SMILES string of the molecule is CCSCC[C@@H](N)C(O)C(=O)NNC(=O)c1cc(OC)c(OC)c(OC)c1. The first-order valence-corrected chi connectivity index (χ1v) is 9.46. The molecule has 10 heteroatoms. The number of benzene rings is 1. The summed E-state index contributed by atoms with van der Waals surface area (Å²) in [5, 5.41) is 9.95. The second-order valence-electron chi connectivity index (χ2n) is 5.45. The van der Waals surface area contributed by atoms with Crippen LogP contribution in [0.15, 0.2) is 12.1 Å². The van der Waals surface area contributed by atoms with Gasteiger partial charge >= 0.3 is 0 Å². The fourth-order valence-electron chi connectivity index (χ4n) is 2.19. The first-order valence-electron chi connectivity index (χ1n) is 8.31. The second-order valence-corrected chi connectivity index (χ2v) is 6.85. The molecule has 1 rings (SSSR count). The molecule has 9 nitrogen and oxygen atoms in total. The van der Waals surface area contributed by atoms with Crippen molar-refractivity contribution >= 4 is 23.6 Å². The molecule has 0 aliphatic rings. The Kier molecular flexibility index (Phi) is 9.76. The van der Waals surface area contributed by atoms with Crippen LogP contribution in [0, 0.1) is 0 Å². The zero-order chi connectivity index (χ0) is 20.4. The fourth-order valence-corrected chi connectivity index (χ4v) is 2.92. The molecule has 1 unspecified atom stereocenters. The van der Waals surface area contributed by atoms with Gasteiger partial charge in [-0.05, 0) is 30.1 Å². The fraction of sp³-hybridized carbons (Fsp3) is 0.529. The van der Waals surface area contributed by atoms with E-state index in [9.17, 15) is 14.7 Å². The number of ether oxygens (including phenoxy) is 3. The van der Waals surface area contributed by atoms with Crippen LogP contribution >= 0.6 is 11.8 Å². The van der Waals surface area contributed by atoms with E-state index in [1.54, 1.807) is 11.8 Å². The van der Waals surface area contributed by atoms with E-state index < -0.39 is 24.0 Å². The van der Waals surface area contributed by atoms with Crippen molar-refractivity contribution in [2.24, 2.45) is 5.73 Å². The van der Waals surface area contributed by atoms with Crippen LogP contribution in [-0.4, -0.2) is 61.9 Å². The average Bonchev–Trinajstić information content (AvgIpc) is 2.69.